The van der Waals surface area contributed by atoms with Crippen LogP contribution in [-0.2, 0) is 20.7 Å². The Balaban J connectivity index is 1.58. The minimum absolute atomic E-state index is 0.144. The van der Waals surface area contributed by atoms with Gasteiger partial charge in [-0.05, 0) is 45.1 Å². The van der Waals surface area contributed by atoms with Crippen LogP contribution >= 0.6 is 0 Å². The second kappa shape index (κ2) is 8.01. The van der Waals surface area contributed by atoms with Crippen molar-refractivity contribution in [2.45, 2.75) is 46.0 Å². The standard InChI is InChI=1S/C23H28N2O4/c1-3-28-22(27)23(11-6-12-25(15-23)21(26)17-9-10-17)14-18-13-20(24-29-18)19-8-5-4-7-16(19)2/h4-5,7-8,13,17H,3,6,9-12,14-15H2,1-2H3. The molecule has 29 heavy (non-hydrogen) atoms. The van der Waals surface area contributed by atoms with Gasteiger partial charge in [-0.15, -0.1) is 0 Å². The number of aromatic nitrogens is 1. The minimum atomic E-state index is -0.776. The summed E-state index contributed by atoms with van der Waals surface area (Å²) in [6.07, 6.45) is 3.78. The molecule has 6 nitrogen and oxygen atoms in total. The molecule has 1 atom stereocenters. The van der Waals surface area contributed by atoms with Gasteiger partial charge in [0.25, 0.3) is 0 Å². The largest absolute Gasteiger partial charge is 0.466 e. The van der Waals surface area contributed by atoms with Crippen molar-refractivity contribution in [2.75, 3.05) is 19.7 Å². The van der Waals surface area contributed by atoms with Gasteiger partial charge in [0.2, 0.25) is 5.91 Å². The van der Waals surface area contributed by atoms with Crippen LogP contribution in [0, 0.1) is 18.3 Å². The first kappa shape index (κ1) is 19.7. The number of piperidine rings is 1. The molecule has 6 heteroatoms. The summed E-state index contributed by atoms with van der Waals surface area (Å²) in [7, 11) is 0. The van der Waals surface area contributed by atoms with Gasteiger partial charge in [-0.3, -0.25) is 9.59 Å². The molecular formula is C23H28N2O4. The van der Waals surface area contributed by atoms with Gasteiger partial charge in [0, 0.05) is 37.1 Å². The summed E-state index contributed by atoms with van der Waals surface area (Å²) in [5.41, 5.74) is 2.12. The van der Waals surface area contributed by atoms with Crippen molar-refractivity contribution in [3.8, 4) is 11.3 Å². The molecule has 1 saturated carbocycles. The van der Waals surface area contributed by atoms with E-state index < -0.39 is 5.41 Å². The first-order chi connectivity index (χ1) is 14.0. The smallest absolute Gasteiger partial charge is 0.314 e. The molecule has 0 radical (unpaired) electrons. The maximum atomic E-state index is 13.0. The van der Waals surface area contributed by atoms with Gasteiger partial charge in [-0.25, -0.2) is 0 Å². The quantitative estimate of drug-likeness (QED) is 0.695. The first-order valence-corrected chi connectivity index (χ1v) is 10.5. The van der Waals surface area contributed by atoms with Crippen molar-refractivity contribution >= 4 is 11.9 Å². The maximum Gasteiger partial charge on any atom is 0.314 e. The molecule has 0 N–H and O–H groups in total. The van der Waals surface area contributed by atoms with Crippen molar-refractivity contribution in [3.63, 3.8) is 0 Å². The highest BCUT2D eigenvalue weighted by Crippen LogP contribution is 2.39. The van der Waals surface area contributed by atoms with Crippen LogP contribution in [0.1, 0.15) is 43.9 Å². The van der Waals surface area contributed by atoms with Crippen LogP contribution in [0.25, 0.3) is 11.3 Å². The van der Waals surface area contributed by atoms with Crippen LogP contribution in [0.4, 0.5) is 0 Å². The lowest BCUT2D eigenvalue weighted by Gasteiger charge is -2.40. The predicted molar refractivity (Wildman–Crippen MR) is 108 cm³/mol. The lowest BCUT2D eigenvalue weighted by atomic mass is 9.76. The van der Waals surface area contributed by atoms with Crippen LogP contribution in [0.15, 0.2) is 34.9 Å². The lowest BCUT2D eigenvalue weighted by molar-refractivity contribution is -0.161. The molecule has 1 amide bonds. The molecule has 0 spiro atoms. The average Bonchev–Trinajstić information content (AvgIpc) is 3.48. The van der Waals surface area contributed by atoms with Crippen LogP contribution < -0.4 is 0 Å². The molecule has 0 bridgehead atoms. The molecule has 1 aromatic carbocycles. The van der Waals surface area contributed by atoms with Gasteiger partial charge in [0.05, 0.1) is 12.0 Å². The number of benzene rings is 1. The topological polar surface area (TPSA) is 72.6 Å². The summed E-state index contributed by atoms with van der Waals surface area (Å²) in [5.74, 6) is 0.724. The highest BCUT2D eigenvalue weighted by molar-refractivity contribution is 5.83. The van der Waals surface area contributed by atoms with E-state index in [2.05, 4.69) is 5.16 Å². The molecule has 2 fully saturated rings. The number of amides is 1. The second-order valence-corrected chi connectivity index (χ2v) is 8.31. The number of hydrogen-bond acceptors (Lipinski definition) is 5. The van der Waals surface area contributed by atoms with E-state index in [1.165, 1.54) is 0 Å². The van der Waals surface area contributed by atoms with Crippen molar-refractivity contribution in [3.05, 3.63) is 41.7 Å². The zero-order chi connectivity index (χ0) is 20.4. The summed E-state index contributed by atoms with van der Waals surface area (Å²) in [6, 6.07) is 9.91. The van der Waals surface area contributed by atoms with Crippen molar-refractivity contribution in [2.24, 2.45) is 11.3 Å². The maximum absolute atomic E-state index is 13.0. The van der Waals surface area contributed by atoms with E-state index in [1.54, 1.807) is 0 Å². The molecule has 4 rings (SSSR count). The average molecular weight is 396 g/mol. The third-order valence-electron chi connectivity index (χ3n) is 6.02. The Morgan fingerprint density at radius 2 is 2.10 bits per heavy atom. The highest BCUT2D eigenvalue weighted by atomic mass is 16.5. The van der Waals surface area contributed by atoms with Crippen molar-refractivity contribution in [1.29, 1.82) is 0 Å². The normalized spacial score (nSPS) is 21.8. The lowest BCUT2D eigenvalue weighted by Crippen LogP contribution is -2.52. The van der Waals surface area contributed by atoms with E-state index in [9.17, 15) is 9.59 Å². The molecular weight excluding hydrogens is 368 g/mol. The van der Waals surface area contributed by atoms with E-state index in [0.717, 1.165) is 36.1 Å². The van der Waals surface area contributed by atoms with Crippen molar-refractivity contribution < 1.29 is 18.8 Å². The number of nitrogens with zero attached hydrogens (tertiary/aromatic N) is 2. The Labute approximate surface area is 171 Å². The van der Waals surface area contributed by atoms with E-state index in [4.69, 9.17) is 9.26 Å². The Morgan fingerprint density at radius 1 is 1.31 bits per heavy atom. The number of ether oxygens (including phenoxy) is 1. The predicted octanol–water partition coefficient (Wildman–Crippen LogP) is 3.77. The molecule has 2 aliphatic rings. The van der Waals surface area contributed by atoms with Gasteiger partial charge < -0.3 is 14.2 Å². The second-order valence-electron chi connectivity index (χ2n) is 8.31. The zero-order valence-electron chi connectivity index (χ0n) is 17.1. The molecule has 1 unspecified atom stereocenters. The molecule has 1 aliphatic heterocycles. The number of aryl methyl sites for hydroxylation is 1. The number of esters is 1. The minimum Gasteiger partial charge on any atom is -0.466 e. The fraction of sp³-hybridized carbons (Fsp3) is 0.522. The molecule has 1 aliphatic carbocycles. The van der Waals surface area contributed by atoms with Gasteiger partial charge in [0.15, 0.2) is 0 Å². The molecule has 154 valence electrons. The molecule has 2 aromatic rings. The third kappa shape index (κ3) is 4.07. The Hall–Kier alpha value is -2.63. The van der Waals surface area contributed by atoms with Crippen LogP contribution in [0.2, 0.25) is 0 Å². The van der Waals surface area contributed by atoms with Crippen LogP contribution in [-0.4, -0.2) is 41.6 Å². The summed E-state index contributed by atoms with van der Waals surface area (Å²) in [4.78, 5) is 27.5. The van der Waals surface area contributed by atoms with Crippen LogP contribution in [0.3, 0.4) is 0 Å². The SMILES string of the molecule is CCOC(=O)C1(Cc2cc(-c3ccccc3C)no2)CCCN(C(=O)C2CC2)C1. The number of likely N-dealkylation sites (tertiary alicyclic amines) is 1. The zero-order valence-corrected chi connectivity index (χ0v) is 17.1. The highest BCUT2D eigenvalue weighted by Gasteiger charge is 2.47. The summed E-state index contributed by atoms with van der Waals surface area (Å²) >= 11 is 0. The van der Waals surface area contributed by atoms with E-state index in [-0.39, 0.29) is 17.8 Å². The van der Waals surface area contributed by atoms with Crippen LogP contribution in [0.5, 0.6) is 0 Å². The number of carbonyl (C=O) groups is 2. The van der Waals surface area contributed by atoms with E-state index in [0.29, 0.717) is 38.3 Å². The summed E-state index contributed by atoms with van der Waals surface area (Å²) in [6.45, 7) is 5.27. The Kier molecular flexibility index (Phi) is 5.43. The Morgan fingerprint density at radius 3 is 2.83 bits per heavy atom. The van der Waals surface area contributed by atoms with Crippen molar-refractivity contribution in [1.82, 2.24) is 10.1 Å². The third-order valence-corrected chi connectivity index (χ3v) is 6.02. The fourth-order valence-electron chi connectivity index (χ4n) is 4.29. The fourth-order valence-corrected chi connectivity index (χ4v) is 4.29. The summed E-state index contributed by atoms with van der Waals surface area (Å²) < 4.78 is 11.1. The van der Waals surface area contributed by atoms with Gasteiger partial charge in [-0.2, -0.15) is 0 Å². The molecule has 1 aromatic heterocycles. The monoisotopic (exact) mass is 396 g/mol. The molecule has 2 heterocycles. The Bertz CT molecular complexity index is 902. The molecule has 1 saturated heterocycles. The van der Waals surface area contributed by atoms with E-state index in [1.807, 2.05) is 49.1 Å². The first-order valence-electron chi connectivity index (χ1n) is 10.5. The van der Waals surface area contributed by atoms with Gasteiger partial charge in [0.1, 0.15) is 11.5 Å². The number of hydrogen-bond donors (Lipinski definition) is 0. The van der Waals surface area contributed by atoms with Gasteiger partial charge in [-0.1, -0.05) is 29.4 Å². The number of rotatable bonds is 6. The van der Waals surface area contributed by atoms with E-state index >= 15 is 0 Å². The number of carbonyl (C=O) groups excluding carboxylic acids is 2. The summed E-state index contributed by atoms with van der Waals surface area (Å²) in [5, 5.41) is 4.23. The van der Waals surface area contributed by atoms with Gasteiger partial charge >= 0.3 is 5.97 Å².